The SMILES string of the molecule is CC(N)(C(=O)CCCCCC(=O)O)P(=O)(O)O. The third kappa shape index (κ3) is 5.41. The summed E-state index contributed by atoms with van der Waals surface area (Å²) in [5, 5.41) is 6.22. The van der Waals surface area contributed by atoms with Crippen molar-refractivity contribution in [3.63, 3.8) is 0 Å². The molecule has 0 aliphatic rings. The Morgan fingerprint density at radius 1 is 1.18 bits per heavy atom. The quantitative estimate of drug-likeness (QED) is 0.369. The number of carboxylic acids is 1. The molecule has 0 spiro atoms. The fraction of sp³-hybridized carbons (Fsp3) is 0.778. The highest BCUT2D eigenvalue weighted by molar-refractivity contribution is 7.54. The Hall–Kier alpha value is -0.750. The maximum atomic E-state index is 11.5. The molecule has 0 heterocycles. The maximum absolute atomic E-state index is 11.5. The molecular formula is C9H18NO6P. The lowest BCUT2D eigenvalue weighted by molar-refractivity contribution is -0.137. The lowest BCUT2D eigenvalue weighted by Crippen LogP contribution is -2.44. The Morgan fingerprint density at radius 2 is 1.65 bits per heavy atom. The third-order valence-corrected chi connectivity index (χ3v) is 3.92. The smallest absolute Gasteiger partial charge is 0.352 e. The highest BCUT2D eigenvalue weighted by Gasteiger charge is 2.44. The van der Waals surface area contributed by atoms with Gasteiger partial charge in [-0.05, 0) is 19.8 Å². The van der Waals surface area contributed by atoms with Gasteiger partial charge < -0.3 is 20.6 Å². The van der Waals surface area contributed by atoms with Crippen LogP contribution in [0.5, 0.6) is 0 Å². The summed E-state index contributed by atoms with van der Waals surface area (Å²) in [4.78, 5) is 39.4. The van der Waals surface area contributed by atoms with Crippen LogP contribution in [-0.2, 0) is 14.2 Å². The molecule has 0 bridgehead atoms. The van der Waals surface area contributed by atoms with E-state index in [2.05, 4.69) is 0 Å². The number of rotatable bonds is 8. The minimum atomic E-state index is -4.66. The molecule has 0 aromatic heterocycles. The van der Waals surface area contributed by atoms with E-state index in [1.807, 2.05) is 0 Å². The van der Waals surface area contributed by atoms with Gasteiger partial charge in [-0.25, -0.2) is 0 Å². The van der Waals surface area contributed by atoms with E-state index in [0.29, 0.717) is 19.3 Å². The number of carboxylic acid groups (broad SMARTS) is 1. The van der Waals surface area contributed by atoms with Crippen LogP contribution in [0.3, 0.4) is 0 Å². The van der Waals surface area contributed by atoms with Crippen molar-refractivity contribution in [2.45, 2.75) is 44.3 Å². The molecule has 0 amide bonds. The molecule has 0 radical (unpaired) electrons. The van der Waals surface area contributed by atoms with Crippen LogP contribution in [-0.4, -0.2) is 31.9 Å². The van der Waals surface area contributed by atoms with Gasteiger partial charge in [0.1, 0.15) is 0 Å². The molecule has 0 aliphatic carbocycles. The summed E-state index contributed by atoms with van der Waals surface area (Å²) < 4.78 is 10.9. The van der Waals surface area contributed by atoms with Crippen molar-refractivity contribution in [3.05, 3.63) is 0 Å². The van der Waals surface area contributed by atoms with Gasteiger partial charge in [-0.3, -0.25) is 14.2 Å². The van der Waals surface area contributed by atoms with E-state index in [0.717, 1.165) is 6.92 Å². The average Bonchev–Trinajstić information content (AvgIpc) is 2.14. The predicted molar refractivity (Wildman–Crippen MR) is 60.4 cm³/mol. The van der Waals surface area contributed by atoms with Gasteiger partial charge in [0.25, 0.3) is 0 Å². The number of ketones is 1. The first-order chi connectivity index (χ1) is 7.59. The summed E-state index contributed by atoms with van der Waals surface area (Å²) in [6.07, 6.45) is 1.28. The molecule has 0 rings (SSSR count). The molecule has 0 aromatic carbocycles. The van der Waals surface area contributed by atoms with Gasteiger partial charge in [0, 0.05) is 12.8 Å². The molecule has 8 heteroatoms. The number of unbranched alkanes of at least 4 members (excludes halogenated alkanes) is 2. The fourth-order valence-corrected chi connectivity index (χ4v) is 1.59. The zero-order chi connectivity index (χ0) is 13.7. The van der Waals surface area contributed by atoms with E-state index in [1.165, 1.54) is 0 Å². The summed E-state index contributed by atoms with van der Waals surface area (Å²) >= 11 is 0. The largest absolute Gasteiger partial charge is 0.481 e. The second-order valence-corrected chi connectivity index (χ2v) is 6.09. The Kier molecular flexibility index (Phi) is 5.98. The standard InChI is InChI=1S/C9H18NO6P/c1-9(10,17(14,15)16)7(11)5-3-2-4-6-8(12)13/h2-6,10H2,1H3,(H,12,13)(H2,14,15,16). The fourth-order valence-electron chi connectivity index (χ4n) is 1.15. The Labute approximate surface area is 99.2 Å². The van der Waals surface area contributed by atoms with Gasteiger partial charge in [-0.15, -0.1) is 0 Å². The number of carbonyl (C=O) groups is 2. The molecule has 5 N–H and O–H groups in total. The molecule has 17 heavy (non-hydrogen) atoms. The Bertz CT molecular complexity index is 334. The average molecular weight is 267 g/mol. The van der Waals surface area contributed by atoms with Crippen LogP contribution in [0.15, 0.2) is 0 Å². The van der Waals surface area contributed by atoms with Crippen LogP contribution >= 0.6 is 7.60 Å². The lowest BCUT2D eigenvalue weighted by Gasteiger charge is -2.23. The van der Waals surface area contributed by atoms with Crippen molar-refractivity contribution in [2.24, 2.45) is 5.73 Å². The van der Waals surface area contributed by atoms with Crippen molar-refractivity contribution in [1.82, 2.24) is 0 Å². The van der Waals surface area contributed by atoms with Crippen LogP contribution in [0.1, 0.15) is 39.0 Å². The van der Waals surface area contributed by atoms with Gasteiger partial charge in [0.2, 0.25) is 0 Å². The normalized spacial score (nSPS) is 15.3. The second-order valence-electron chi connectivity index (χ2n) is 4.07. The molecule has 1 unspecified atom stereocenters. The Morgan fingerprint density at radius 3 is 2.06 bits per heavy atom. The van der Waals surface area contributed by atoms with E-state index in [9.17, 15) is 14.2 Å². The molecule has 0 aromatic rings. The van der Waals surface area contributed by atoms with E-state index in [-0.39, 0.29) is 12.8 Å². The summed E-state index contributed by atoms with van der Waals surface area (Å²) in [6.45, 7) is 1.01. The minimum Gasteiger partial charge on any atom is -0.481 e. The van der Waals surface area contributed by atoms with Crippen LogP contribution in [0.25, 0.3) is 0 Å². The molecule has 1 atom stereocenters. The van der Waals surface area contributed by atoms with Crippen LogP contribution in [0.2, 0.25) is 0 Å². The summed E-state index contributed by atoms with van der Waals surface area (Å²) in [5.41, 5.74) is 5.29. The van der Waals surface area contributed by atoms with Crippen molar-refractivity contribution in [2.75, 3.05) is 0 Å². The maximum Gasteiger partial charge on any atom is 0.352 e. The van der Waals surface area contributed by atoms with E-state index in [4.69, 9.17) is 20.6 Å². The van der Waals surface area contributed by atoms with Crippen LogP contribution < -0.4 is 5.73 Å². The zero-order valence-electron chi connectivity index (χ0n) is 9.63. The molecule has 0 saturated carbocycles. The van der Waals surface area contributed by atoms with Crippen molar-refractivity contribution in [1.29, 1.82) is 0 Å². The molecule has 0 saturated heterocycles. The summed E-state index contributed by atoms with van der Waals surface area (Å²) in [5.74, 6) is -1.61. The first-order valence-electron chi connectivity index (χ1n) is 5.18. The minimum absolute atomic E-state index is 0.0204. The van der Waals surface area contributed by atoms with E-state index < -0.39 is 24.6 Å². The van der Waals surface area contributed by atoms with E-state index >= 15 is 0 Å². The number of Topliss-reactive ketones (excluding diaryl/α,β-unsaturated/α-hetero) is 1. The molecule has 7 nitrogen and oxygen atoms in total. The van der Waals surface area contributed by atoms with Crippen molar-refractivity contribution >= 4 is 19.3 Å². The van der Waals surface area contributed by atoms with Crippen LogP contribution in [0, 0.1) is 0 Å². The zero-order valence-corrected chi connectivity index (χ0v) is 10.5. The van der Waals surface area contributed by atoms with Gasteiger partial charge in [0.05, 0.1) is 0 Å². The third-order valence-electron chi connectivity index (χ3n) is 2.46. The topological polar surface area (TPSA) is 138 Å². The Balaban J connectivity index is 4.03. The highest BCUT2D eigenvalue weighted by atomic mass is 31.2. The molecule has 0 aliphatic heterocycles. The summed E-state index contributed by atoms with van der Waals surface area (Å²) in [7, 11) is -4.66. The van der Waals surface area contributed by atoms with E-state index in [1.54, 1.807) is 0 Å². The second kappa shape index (κ2) is 6.26. The predicted octanol–water partition coefficient (Wildman–Crippen LogP) is 0.443. The number of aliphatic carboxylic acids is 1. The first kappa shape index (κ1) is 16.2. The molecule has 0 fully saturated rings. The van der Waals surface area contributed by atoms with Gasteiger partial charge >= 0.3 is 13.6 Å². The highest BCUT2D eigenvalue weighted by Crippen LogP contribution is 2.47. The molecular weight excluding hydrogens is 249 g/mol. The lowest BCUT2D eigenvalue weighted by atomic mass is 10.1. The first-order valence-corrected chi connectivity index (χ1v) is 6.80. The number of hydrogen-bond donors (Lipinski definition) is 4. The van der Waals surface area contributed by atoms with Crippen molar-refractivity contribution < 1.29 is 29.0 Å². The van der Waals surface area contributed by atoms with Crippen LogP contribution in [0.4, 0.5) is 0 Å². The van der Waals surface area contributed by atoms with Gasteiger partial charge in [-0.1, -0.05) is 6.42 Å². The van der Waals surface area contributed by atoms with Crippen molar-refractivity contribution in [3.8, 4) is 0 Å². The number of nitrogens with two attached hydrogens (primary N) is 1. The summed E-state index contributed by atoms with van der Waals surface area (Å²) in [6, 6.07) is 0. The number of hydrogen-bond acceptors (Lipinski definition) is 4. The molecule has 100 valence electrons. The number of carbonyl (C=O) groups excluding carboxylic acids is 1. The monoisotopic (exact) mass is 267 g/mol. The van der Waals surface area contributed by atoms with Gasteiger partial charge in [-0.2, -0.15) is 0 Å². The van der Waals surface area contributed by atoms with Gasteiger partial charge in [0.15, 0.2) is 11.1 Å².